The minimum atomic E-state index is 0.426. The molecule has 2 heteroatoms. The fourth-order valence-corrected chi connectivity index (χ4v) is 3.35. The second-order valence-corrected chi connectivity index (χ2v) is 6.17. The minimum Gasteiger partial charge on any atom is -0.493 e. The van der Waals surface area contributed by atoms with Crippen molar-refractivity contribution in [3.05, 3.63) is 29.8 Å². The van der Waals surface area contributed by atoms with E-state index in [1.807, 2.05) is 0 Å². The predicted octanol–water partition coefficient (Wildman–Crippen LogP) is 4.56. The molecule has 1 fully saturated rings. The summed E-state index contributed by atoms with van der Waals surface area (Å²) in [5.74, 6) is 2.70. The van der Waals surface area contributed by atoms with Gasteiger partial charge in [0.2, 0.25) is 0 Å². The third-order valence-corrected chi connectivity index (χ3v) is 4.56. The van der Waals surface area contributed by atoms with Crippen LogP contribution in [0, 0.1) is 11.8 Å². The quantitative estimate of drug-likeness (QED) is 0.821. The Balaban J connectivity index is 2.14. The second kappa shape index (κ2) is 7.68. The summed E-state index contributed by atoms with van der Waals surface area (Å²) in [6.07, 6.45) is 6.44. The monoisotopic (exact) mass is 275 g/mol. The zero-order valence-corrected chi connectivity index (χ0v) is 13.2. The van der Waals surface area contributed by atoms with E-state index in [2.05, 4.69) is 50.5 Å². The first-order valence-electron chi connectivity index (χ1n) is 8.15. The maximum Gasteiger partial charge on any atom is 0.124 e. The molecule has 1 unspecified atom stereocenters. The molecule has 2 nitrogen and oxygen atoms in total. The van der Waals surface area contributed by atoms with Gasteiger partial charge in [-0.05, 0) is 44.2 Å². The third kappa shape index (κ3) is 3.76. The Hall–Kier alpha value is -1.02. The lowest BCUT2D eigenvalue weighted by Gasteiger charge is -2.33. The number of ether oxygens (including phenoxy) is 1. The van der Waals surface area contributed by atoms with Gasteiger partial charge in [-0.15, -0.1) is 0 Å². The van der Waals surface area contributed by atoms with Crippen molar-refractivity contribution >= 4 is 0 Å². The molecule has 0 heterocycles. The van der Waals surface area contributed by atoms with E-state index in [-0.39, 0.29) is 0 Å². The molecular weight excluding hydrogens is 246 g/mol. The highest BCUT2D eigenvalue weighted by Gasteiger charge is 2.27. The van der Waals surface area contributed by atoms with Crippen molar-refractivity contribution < 1.29 is 4.74 Å². The number of benzene rings is 1. The van der Waals surface area contributed by atoms with Crippen LogP contribution in [0.4, 0.5) is 0 Å². The lowest BCUT2D eigenvalue weighted by Crippen LogP contribution is -2.28. The van der Waals surface area contributed by atoms with Gasteiger partial charge >= 0.3 is 0 Å². The summed E-state index contributed by atoms with van der Waals surface area (Å²) in [7, 11) is 2.08. The number of hydrogen-bond acceptors (Lipinski definition) is 2. The van der Waals surface area contributed by atoms with Crippen molar-refractivity contribution in [3.8, 4) is 5.75 Å². The highest BCUT2D eigenvalue weighted by molar-refractivity contribution is 5.36. The van der Waals surface area contributed by atoms with Gasteiger partial charge in [0.05, 0.1) is 6.61 Å². The van der Waals surface area contributed by atoms with Crippen molar-refractivity contribution in [2.24, 2.45) is 11.8 Å². The largest absolute Gasteiger partial charge is 0.493 e. The SMILES string of the molecule is CCCOc1ccccc1C(NC)C1CCC(C)CC1. The first-order chi connectivity index (χ1) is 9.76. The molecule has 1 saturated carbocycles. The van der Waals surface area contributed by atoms with Gasteiger partial charge in [0.15, 0.2) is 0 Å². The van der Waals surface area contributed by atoms with Crippen molar-refractivity contribution in [1.29, 1.82) is 0 Å². The molecule has 1 aromatic carbocycles. The molecule has 0 amide bonds. The standard InChI is InChI=1S/C18H29NO/c1-4-13-20-17-8-6-5-7-16(17)18(19-3)15-11-9-14(2)10-12-15/h5-8,14-15,18-19H,4,9-13H2,1-3H3. The zero-order chi connectivity index (χ0) is 14.4. The number of nitrogens with one attached hydrogen (secondary N) is 1. The van der Waals surface area contributed by atoms with E-state index in [1.165, 1.54) is 31.2 Å². The maximum atomic E-state index is 5.94. The van der Waals surface area contributed by atoms with Gasteiger partial charge in [0.25, 0.3) is 0 Å². The van der Waals surface area contributed by atoms with Crippen LogP contribution in [0.15, 0.2) is 24.3 Å². The summed E-state index contributed by atoms with van der Waals surface area (Å²) in [6.45, 7) is 5.33. The molecule has 0 saturated heterocycles. The number of rotatable bonds is 6. The van der Waals surface area contributed by atoms with Crippen molar-refractivity contribution in [2.45, 2.75) is 52.0 Å². The average molecular weight is 275 g/mol. The average Bonchev–Trinajstić information content (AvgIpc) is 2.49. The summed E-state index contributed by atoms with van der Waals surface area (Å²) >= 11 is 0. The van der Waals surface area contributed by atoms with E-state index < -0.39 is 0 Å². The third-order valence-electron chi connectivity index (χ3n) is 4.56. The Labute approximate surface area is 123 Å². The molecule has 0 aromatic heterocycles. The molecule has 0 radical (unpaired) electrons. The molecule has 0 spiro atoms. The van der Waals surface area contributed by atoms with Gasteiger partial charge in [-0.3, -0.25) is 0 Å². The van der Waals surface area contributed by atoms with Gasteiger partial charge < -0.3 is 10.1 Å². The van der Waals surface area contributed by atoms with Crippen LogP contribution in [0.3, 0.4) is 0 Å². The molecule has 20 heavy (non-hydrogen) atoms. The second-order valence-electron chi connectivity index (χ2n) is 6.17. The van der Waals surface area contributed by atoms with Crippen LogP contribution in [0.25, 0.3) is 0 Å². The highest BCUT2D eigenvalue weighted by atomic mass is 16.5. The number of para-hydroxylation sites is 1. The molecule has 112 valence electrons. The first kappa shape index (κ1) is 15.4. The van der Waals surface area contributed by atoms with Crippen LogP contribution in [-0.2, 0) is 0 Å². The smallest absolute Gasteiger partial charge is 0.124 e. The van der Waals surface area contributed by atoms with Crippen LogP contribution in [0.5, 0.6) is 5.75 Å². The van der Waals surface area contributed by atoms with Gasteiger partial charge in [-0.1, -0.05) is 44.9 Å². The minimum absolute atomic E-state index is 0.426. The van der Waals surface area contributed by atoms with E-state index in [1.54, 1.807) is 0 Å². The normalized spacial score (nSPS) is 24.4. The van der Waals surface area contributed by atoms with Crippen LogP contribution >= 0.6 is 0 Å². The fourth-order valence-electron chi connectivity index (χ4n) is 3.35. The Kier molecular flexibility index (Phi) is 5.90. The van der Waals surface area contributed by atoms with Gasteiger partial charge in [0.1, 0.15) is 5.75 Å². The summed E-state index contributed by atoms with van der Waals surface area (Å²) in [5.41, 5.74) is 1.34. The lowest BCUT2D eigenvalue weighted by molar-refractivity contribution is 0.231. The van der Waals surface area contributed by atoms with E-state index in [0.717, 1.165) is 30.6 Å². The molecular formula is C18H29NO. The van der Waals surface area contributed by atoms with Crippen LogP contribution in [-0.4, -0.2) is 13.7 Å². The van der Waals surface area contributed by atoms with E-state index in [9.17, 15) is 0 Å². The lowest BCUT2D eigenvalue weighted by atomic mass is 9.77. The van der Waals surface area contributed by atoms with Crippen LogP contribution in [0.1, 0.15) is 57.6 Å². The van der Waals surface area contributed by atoms with Crippen molar-refractivity contribution in [1.82, 2.24) is 5.32 Å². The molecule has 1 atom stereocenters. The summed E-state index contributed by atoms with van der Waals surface area (Å²) < 4.78 is 5.94. The molecule has 0 aliphatic heterocycles. The van der Waals surface area contributed by atoms with Gasteiger partial charge in [-0.25, -0.2) is 0 Å². The van der Waals surface area contributed by atoms with Crippen LogP contribution < -0.4 is 10.1 Å². The van der Waals surface area contributed by atoms with E-state index >= 15 is 0 Å². The maximum absolute atomic E-state index is 5.94. The zero-order valence-electron chi connectivity index (χ0n) is 13.2. The predicted molar refractivity (Wildman–Crippen MR) is 85.2 cm³/mol. The van der Waals surface area contributed by atoms with Crippen molar-refractivity contribution in [2.75, 3.05) is 13.7 Å². The van der Waals surface area contributed by atoms with E-state index in [4.69, 9.17) is 4.74 Å². The summed E-state index contributed by atoms with van der Waals surface area (Å²) in [6, 6.07) is 8.97. The Morgan fingerprint density at radius 1 is 1.20 bits per heavy atom. The number of hydrogen-bond donors (Lipinski definition) is 1. The Morgan fingerprint density at radius 3 is 2.55 bits per heavy atom. The Morgan fingerprint density at radius 2 is 1.90 bits per heavy atom. The molecule has 2 rings (SSSR count). The van der Waals surface area contributed by atoms with Crippen LogP contribution in [0.2, 0.25) is 0 Å². The summed E-state index contributed by atoms with van der Waals surface area (Å²) in [4.78, 5) is 0. The topological polar surface area (TPSA) is 21.3 Å². The molecule has 1 aliphatic rings. The highest BCUT2D eigenvalue weighted by Crippen LogP contribution is 2.39. The Bertz CT molecular complexity index is 396. The van der Waals surface area contributed by atoms with Crippen molar-refractivity contribution in [3.63, 3.8) is 0 Å². The molecule has 1 aliphatic carbocycles. The van der Waals surface area contributed by atoms with E-state index in [0.29, 0.717) is 6.04 Å². The first-order valence-corrected chi connectivity index (χ1v) is 8.15. The molecule has 1 aromatic rings. The fraction of sp³-hybridized carbons (Fsp3) is 0.667. The summed E-state index contributed by atoms with van der Waals surface area (Å²) in [5, 5.41) is 3.54. The molecule has 1 N–H and O–H groups in total. The van der Waals surface area contributed by atoms with Gasteiger partial charge in [-0.2, -0.15) is 0 Å². The van der Waals surface area contributed by atoms with Gasteiger partial charge in [0, 0.05) is 11.6 Å². The molecule has 0 bridgehead atoms.